The Balaban J connectivity index is 2.49. The fraction of sp³-hybridized carbons (Fsp3) is 0.182. The fourth-order valence-corrected chi connectivity index (χ4v) is 1.52. The zero-order valence-electron chi connectivity index (χ0n) is 8.98. The molecule has 0 aliphatic rings. The second-order valence-corrected chi connectivity index (χ2v) is 3.54. The largest absolute Gasteiger partial charge is 0.477 e. The maximum atomic E-state index is 10.9. The number of rotatable bonds is 2. The van der Waals surface area contributed by atoms with Gasteiger partial charge in [-0.15, -0.1) is 0 Å². The molecular weight excluding hydrogens is 206 g/mol. The molecule has 0 saturated carbocycles. The van der Waals surface area contributed by atoms with Crippen LogP contribution in [0, 0.1) is 13.8 Å². The summed E-state index contributed by atoms with van der Waals surface area (Å²) in [5, 5.41) is 8.92. The molecule has 2 N–H and O–H groups in total. The van der Waals surface area contributed by atoms with Gasteiger partial charge in [0.2, 0.25) is 0 Å². The number of aromatic carboxylic acids is 1. The standard InChI is InChI=1S/C11H11N3O2/c1-6-5-9(14-10(6)11(15)16)8-3-4-12-7(2)13-8/h3-5,14H,1-2H3,(H,15,16). The molecule has 0 fully saturated rings. The predicted octanol–water partition coefficient (Wildman–Crippen LogP) is 1.79. The highest BCUT2D eigenvalue weighted by atomic mass is 16.4. The molecule has 0 bridgehead atoms. The monoisotopic (exact) mass is 217 g/mol. The highest BCUT2D eigenvalue weighted by molar-refractivity contribution is 5.88. The van der Waals surface area contributed by atoms with E-state index in [0.717, 1.165) is 0 Å². The third-order valence-electron chi connectivity index (χ3n) is 2.28. The van der Waals surface area contributed by atoms with Gasteiger partial charge in [-0.2, -0.15) is 0 Å². The van der Waals surface area contributed by atoms with Gasteiger partial charge < -0.3 is 10.1 Å². The number of carboxylic acid groups (broad SMARTS) is 1. The van der Waals surface area contributed by atoms with E-state index in [1.807, 2.05) is 0 Å². The van der Waals surface area contributed by atoms with E-state index in [2.05, 4.69) is 15.0 Å². The van der Waals surface area contributed by atoms with Crippen molar-refractivity contribution < 1.29 is 9.90 Å². The number of hydrogen-bond acceptors (Lipinski definition) is 3. The van der Waals surface area contributed by atoms with Crippen molar-refractivity contribution in [2.24, 2.45) is 0 Å². The van der Waals surface area contributed by atoms with Crippen LogP contribution < -0.4 is 0 Å². The molecule has 0 aliphatic carbocycles. The Morgan fingerprint density at radius 3 is 2.75 bits per heavy atom. The molecule has 0 amide bonds. The number of aromatic nitrogens is 3. The van der Waals surface area contributed by atoms with Crippen molar-refractivity contribution in [3.05, 3.63) is 35.4 Å². The van der Waals surface area contributed by atoms with Crippen LogP contribution in [0.2, 0.25) is 0 Å². The van der Waals surface area contributed by atoms with E-state index in [9.17, 15) is 4.79 Å². The lowest BCUT2D eigenvalue weighted by atomic mass is 10.2. The van der Waals surface area contributed by atoms with Crippen LogP contribution in [0.5, 0.6) is 0 Å². The Labute approximate surface area is 92.2 Å². The molecule has 2 heterocycles. The smallest absolute Gasteiger partial charge is 0.352 e. The minimum absolute atomic E-state index is 0.200. The van der Waals surface area contributed by atoms with E-state index >= 15 is 0 Å². The highest BCUT2D eigenvalue weighted by Crippen LogP contribution is 2.19. The number of carbonyl (C=O) groups is 1. The molecule has 2 rings (SSSR count). The summed E-state index contributed by atoms with van der Waals surface area (Å²) >= 11 is 0. The molecule has 2 aromatic heterocycles. The van der Waals surface area contributed by atoms with E-state index in [4.69, 9.17) is 5.11 Å². The van der Waals surface area contributed by atoms with Gasteiger partial charge in [0.15, 0.2) is 0 Å². The first kappa shape index (κ1) is 10.4. The van der Waals surface area contributed by atoms with Gasteiger partial charge in [-0.05, 0) is 31.5 Å². The third-order valence-corrected chi connectivity index (χ3v) is 2.28. The zero-order valence-corrected chi connectivity index (χ0v) is 8.98. The van der Waals surface area contributed by atoms with Crippen molar-refractivity contribution in [1.82, 2.24) is 15.0 Å². The minimum atomic E-state index is -0.963. The van der Waals surface area contributed by atoms with Gasteiger partial charge in [-0.25, -0.2) is 14.8 Å². The molecule has 16 heavy (non-hydrogen) atoms. The number of aryl methyl sites for hydroxylation is 2. The number of nitrogens with zero attached hydrogens (tertiary/aromatic N) is 2. The molecular formula is C11H11N3O2. The van der Waals surface area contributed by atoms with E-state index < -0.39 is 5.97 Å². The molecule has 0 unspecified atom stereocenters. The third kappa shape index (κ3) is 1.79. The molecule has 0 saturated heterocycles. The quantitative estimate of drug-likeness (QED) is 0.803. The Bertz CT molecular complexity index is 546. The number of H-pyrrole nitrogens is 1. The lowest BCUT2D eigenvalue weighted by Crippen LogP contribution is -1.98. The Hall–Kier alpha value is -2.17. The highest BCUT2D eigenvalue weighted by Gasteiger charge is 2.12. The van der Waals surface area contributed by atoms with E-state index in [-0.39, 0.29) is 5.69 Å². The van der Waals surface area contributed by atoms with Crippen LogP contribution in [-0.2, 0) is 0 Å². The number of nitrogens with one attached hydrogen (secondary N) is 1. The van der Waals surface area contributed by atoms with Gasteiger partial charge in [0.05, 0.1) is 11.4 Å². The molecule has 0 spiro atoms. The van der Waals surface area contributed by atoms with Gasteiger partial charge in [0, 0.05) is 6.20 Å². The van der Waals surface area contributed by atoms with Gasteiger partial charge in [-0.3, -0.25) is 0 Å². The van der Waals surface area contributed by atoms with Crippen LogP contribution in [0.25, 0.3) is 11.4 Å². The lowest BCUT2D eigenvalue weighted by Gasteiger charge is -1.97. The molecule has 0 radical (unpaired) electrons. The predicted molar refractivity (Wildman–Crippen MR) is 58.3 cm³/mol. The first-order valence-corrected chi connectivity index (χ1v) is 4.81. The fourth-order valence-electron chi connectivity index (χ4n) is 1.52. The first-order chi connectivity index (χ1) is 7.58. The second-order valence-electron chi connectivity index (χ2n) is 3.54. The topological polar surface area (TPSA) is 78.9 Å². The molecule has 0 atom stereocenters. The van der Waals surface area contributed by atoms with Crippen molar-refractivity contribution in [1.29, 1.82) is 0 Å². The molecule has 0 aromatic carbocycles. The van der Waals surface area contributed by atoms with Gasteiger partial charge in [0.1, 0.15) is 11.5 Å². The van der Waals surface area contributed by atoms with Gasteiger partial charge in [-0.1, -0.05) is 0 Å². The van der Waals surface area contributed by atoms with Crippen LogP contribution in [-0.4, -0.2) is 26.0 Å². The van der Waals surface area contributed by atoms with Crippen molar-refractivity contribution in [2.45, 2.75) is 13.8 Å². The van der Waals surface area contributed by atoms with Crippen LogP contribution in [0.3, 0.4) is 0 Å². The minimum Gasteiger partial charge on any atom is -0.477 e. The summed E-state index contributed by atoms with van der Waals surface area (Å²) in [6, 6.07) is 3.51. The SMILES string of the molecule is Cc1nccc(-c2cc(C)c(C(=O)O)[nH]2)n1. The number of carboxylic acids is 1. The second kappa shape index (κ2) is 3.77. The normalized spacial score (nSPS) is 10.4. The summed E-state index contributed by atoms with van der Waals surface area (Å²) in [6.45, 7) is 3.54. The first-order valence-electron chi connectivity index (χ1n) is 4.81. The Morgan fingerprint density at radius 1 is 1.44 bits per heavy atom. The summed E-state index contributed by atoms with van der Waals surface area (Å²) < 4.78 is 0. The summed E-state index contributed by atoms with van der Waals surface area (Å²) in [6.07, 6.45) is 1.65. The summed E-state index contributed by atoms with van der Waals surface area (Å²) in [4.78, 5) is 21.9. The molecule has 0 aliphatic heterocycles. The number of hydrogen-bond donors (Lipinski definition) is 2. The maximum Gasteiger partial charge on any atom is 0.352 e. The average molecular weight is 217 g/mol. The van der Waals surface area contributed by atoms with E-state index in [1.54, 1.807) is 32.2 Å². The summed E-state index contributed by atoms with van der Waals surface area (Å²) in [5.41, 5.74) is 2.29. The lowest BCUT2D eigenvalue weighted by molar-refractivity contribution is 0.0690. The number of aromatic amines is 1. The molecule has 5 heteroatoms. The van der Waals surface area contributed by atoms with Crippen molar-refractivity contribution in [3.63, 3.8) is 0 Å². The van der Waals surface area contributed by atoms with E-state index in [1.165, 1.54) is 0 Å². The summed E-state index contributed by atoms with van der Waals surface area (Å²) in [5.74, 6) is -0.309. The van der Waals surface area contributed by atoms with Crippen LogP contribution in [0.15, 0.2) is 18.3 Å². The van der Waals surface area contributed by atoms with Gasteiger partial charge >= 0.3 is 5.97 Å². The van der Waals surface area contributed by atoms with Crippen molar-refractivity contribution >= 4 is 5.97 Å². The summed E-state index contributed by atoms with van der Waals surface area (Å²) in [7, 11) is 0. The maximum absolute atomic E-state index is 10.9. The Morgan fingerprint density at radius 2 is 2.19 bits per heavy atom. The Kier molecular flexibility index (Phi) is 2.44. The van der Waals surface area contributed by atoms with Crippen LogP contribution in [0.4, 0.5) is 0 Å². The van der Waals surface area contributed by atoms with Gasteiger partial charge in [0.25, 0.3) is 0 Å². The van der Waals surface area contributed by atoms with Crippen molar-refractivity contribution in [2.75, 3.05) is 0 Å². The van der Waals surface area contributed by atoms with E-state index in [0.29, 0.717) is 22.8 Å². The zero-order chi connectivity index (χ0) is 11.7. The molecule has 82 valence electrons. The molecule has 2 aromatic rings. The van der Waals surface area contributed by atoms with Crippen LogP contribution in [0.1, 0.15) is 21.9 Å². The van der Waals surface area contributed by atoms with Crippen molar-refractivity contribution in [3.8, 4) is 11.4 Å². The average Bonchev–Trinajstić information content (AvgIpc) is 2.60. The van der Waals surface area contributed by atoms with Crippen LogP contribution >= 0.6 is 0 Å². The molecule has 5 nitrogen and oxygen atoms in total.